The van der Waals surface area contributed by atoms with Crippen LogP contribution in [0.4, 0.5) is 17.1 Å². The van der Waals surface area contributed by atoms with Gasteiger partial charge in [0.05, 0.1) is 16.4 Å². The van der Waals surface area contributed by atoms with Crippen LogP contribution in [-0.2, 0) is 18.3 Å². The maximum Gasteiger partial charge on any atom is 0.0726 e. The van der Waals surface area contributed by atoms with Crippen LogP contribution in [0.5, 0.6) is 0 Å². The summed E-state index contributed by atoms with van der Waals surface area (Å²) in [6.45, 7) is 9.32. The minimum absolute atomic E-state index is 0.442. The van der Waals surface area contributed by atoms with Gasteiger partial charge in [-0.2, -0.15) is 0 Å². The molecule has 0 unspecified atom stereocenters. The van der Waals surface area contributed by atoms with E-state index in [-0.39, 0.29) is 0 Å². The summed E-state index contributed by atoms with van der Waals surface area (Å²) in [6.07, 6.45) is 2.11. The molecule has 2 nitrogen and oxygen atoms in total. The first-order valence-corrected chi connectivity index (χ1v) is 21.4. The summed E-state index contributed by atoms with van der Waals surface area (Å²) in [7, 11) is 0. The van der Waals surface area contributed by atoms with E-state index < -0.39 is 5.41 Å². The Morgan fingerprint density at radius 1 is 0.407 bits per heavy atom. The van der Waals surface area contributed by atoms with Crippen molar-refractivity contribution in [2.45, 2.75) is 46.0 Å². The molecule has 59 heavy (non-hydrogen) atoms. The summed E-state index contributed by atoms with van der Waals surface area (Å²) in [5, 5.41) is 2.49. The van der Waals surface area contributed by atoms with Crippen molar-refractivity contribution in [1.82, 2.24) is 4.57 Å². The van der Waals surface area contributed by atoms with E-state index >= 15 is 0 Å². The second kappa shape index (κ2) is 13.7. The Bertz CT molecular complexity index is 3000. The minimum Gasteiger partial charge on any atom is -0.310 e. The lowest BCUT2D eigenvalue weighted by atomic mass is 9.69. The first kappa shape index (κ1) is 35.5. The molecule has 0 saturated carbocycles. The standard InChI is InChI=1S/C57H48N2/c1-37(2)31-39-23-27-46-47-28-24-40(32-38(3)4)34-53(47)57(52(46)33-39)51-21-13-11-19-45(51)48-29-25-44(36-54(48)57)58(41-15-7-5-8-16-41)43-26-30-56-50(35-43)49-20-12-14-22-55(49)59(56)42-17-9-6-10-18-42/h5-30,33-38H,31-32H2,1-4H3. The van der Waals surface area contributed by atoms with Crippen molar-refractivity contribution >= 4 is 38.9 Å². The number of hydrogen-bond donors (Lipinski definition) is 0. The molecule has 286 valence electrons. The van der Waals surface area contributed by atoms with E-state index in [0.717, 1.165) is 29.9 Å². The average Bonchev–Trinajstić information content (AvgIpc) is 3.85. The van der Waals surface area contributed by atoms with Crippen molar-refractivity contribution in [3.8, 4) is 27.9 Å². The van der Waals surface area contributed by atoms with E-state index in [9.17, 15) is 0 Å². The third-order valence-corrected chi connectivity index (χ3v) is 12.8. The number of nitrogens with zero attached hydrogens (tertiary/aromatic N) is 2. The SMILES string of the molecule is CC(C)Cc1ccc2c(c1)C1(c3ccccc3-c3ccc(N(c4ccccc4)c4ccc5c(c4)c4ccccc4n5-c4ccccc4)cc31)c1cc(CC(C)C)ccc1-2. The van der Waals surface area contributed by atoms with Gasteiger partial charge in [0.1, 0.15) is 0 Å². The molecule has 2 aliphatic rings. The zero-order valence-corrected chi connectivity index (χ0v) is 34.3. The Hall–Kier alpha value is -6.64. The van der Waals surface area contributed by atoms with Crippen molar-refractivity contribution in [2.75, 3.05) is 4.90 Å². The molecule has 0 atom stereocenters. The second-order valence-electron chi connectivity index (χ2n) is 17.5. The number of hydrogen-bond acceptors (Lipinski definition) is 1. The average molecular weight is 761 g/mol. The summed E-state index contributed by atoms with van der Waals surface area (Å²) in [6, 6.07) is 68.7. The van der Waals surface area contributed by atoms with Crippen LogP contribution in [0.25, 0.3) is 49.7 Å². The van der Waals surface area contributed by atoms with E-state index in [0.29, 0.717) is 11.8 Å². The fourth-order valence-electron chi connectivity index (χ4n) is 10.6. The molecule has 1 heterocycles. The monoisotopic (exact) mass is 760 g/mol. The van der Waals surface area contributed by atoms with Gasteiger partial charge in [-0.3, -0.25) is 0 Å². The molecular formula is C57H48N2. The van der Waals surface area contributed by atoms with Gasteiger partial charge in [0.15, 0.2) is 0 Å². The highest BCUT2D eigenvalue weighted by atomic mass is 15.1. The van der Waals surface area contributed by atoms with Crippen LogP contribution >= 0.6 is 0 Å². The van der Waals surface area contributed by atoms with Crippen LogP contribution in [0.2, 0.25) is 0 Å². The van der Waals surface area contributed by atoms with Gasteiger partial charge < -0.3 is 9.47 Å². The number of rotatable bonds is 8. The minimum atomic E-state index is -0.442. The van der Waals surface area contributed by atoms with Crippen LogP contribution < -0.4 is 4.90 Å². The molecule has 1 aromatic heterocycles. The molecule has 0 amide bonds. The van der Waals surface area contributed by atoms with Gasteiger partial charge >= 0.3 is 0 Å². The number of benzene rings is 8. The molecule has 2 aliphatic carbocycles. The van der Waals surface area contributed by atoms with Crippen molar-refractivity contribution in [3.05, 3.63) is 215 Å². The van der Waals surface area contributed by atoms with Crippen LogP contribution in [0, 0.1) is 11.8 Å². The summed E-state index contributed by atoms with van der Waals surface area (Å²) in [5.74, 6) is 1.14. The van der Waals surface area contributed by atoms with E-state index in [1.54, 1.807) is 0 Å². The molecule has 1 spiro atoms. The van der Waals surface area contributed by atoms with E-state index in [2.05, 4.69) is 219 Å². The van der Waals surface area contributed by atoms with Gasteiger partial charge in [-0.25, -0.2) is 0 Å². The maximum absolute atomic E-state index is 2.56. The van der Waals surface area contributed by atoms with Gasteiger partial charge in [-0.05, 0) is 141 Å². The van der Waals surface area contributed by atoms with Gasteiger partial charge in [-0.15, -0.1) is 0 Å². The van der Waals surface area contributed by atoms with E-state index in [1.165, 1.54) is 83.1 Å². The molecular weight excluding hydrogens is 713 g/mol. The number of para-hydroxylation sites is 3. The molecule has 0 saturated heterocycles. The smallest absolute Gasteiger partial charge is 0.0726 e. The third-order valence-electron chi connectivity index (χ3n) is 12.8. The van der Waals surface area contributed by atoms with Gasteiger partial charge in [-0.1, -0.05) is 149 Å². The van der Waals surface area contributed by atoms with Gasteiger partial charge in [0.25, 0.3) is 0 Å². The summed E-state index contributed by atoms with van der Waals surface area (Å²) in [5.41, 5.74) is 20.3. The molecule has 11 rings (SSSR count). The van der Waals surface area contributed by atoms with Crippen molar-refractivity contribution in [1.29, 1.82) is 0 Å². The molecule has 0 radical (unpaired) electrons. The Morgan fingerprint density at radius 3 is 1.59 bits per heavy atom. The predicted molar refractivity (Wildman–Crippen MR) is 249 cm³/mol. The van der Waals surface area contributed by atoms with Gasteiger partial charge in [0.2, 0.25) is 0 Å². The zero-order chi connectivity index (χ0) is 39.8. The molecule has 9 aromatic rings. The van der Waals surface area contributed by atoms with Crippen molar-refractivity contribution in [3.63, 3.8) is 0 Å². The molecule has 0 bridgehead atoms. The Labute approximate surface area is 348 Å². The molecule has 8 aromatic carbocycles. The van der Waals surface area contributed by atoms with Crippen LogP contribution in [0.1, 0.15) is 61.1 Å². The third kappa shape index (κ3) is 5.46. The number of anilines is 3. The van der Waals surface area contributed by atoms with E-state index in [1.807, 2.05) is 0 Å². The molecule has 2 heteroatoms. The maximum atomic E-state index is 2.56. The van der Waals surface area contributed by atoms with Crippen molar-refractivity contribution < 1.29 is 0 Å². The second-order valence-corrected chi connectivity index (χ2v) is 17.5. The first-order chi connectivity index (χ1) is 28.9. The predicted octanol–water partition coefficient (Wildman–Crippen LogP) is 15.0. The normalized spacial score (nSPS) is 13.3. The molecule has 0 N–H and O–H groups in total. The highest BCUT2D eigenvalue weighted by molar-refractivity contribution is 6.11. The number of fused-ring (bicyclic) bond motifs is 13. The highest BCUT2D eigenvalue weighted by Crippen LogP contribution is 2.63. The molecule has 0 fully saturated rings. The quantitative estimate of drug-likeness (QED) is 0.150. The lowest BCUT2D eigenvalue weighted by Gasteiger charge is -2.33. The topological polar surface area (TPSA) is 8.17 Å². The van der Waals surface area contributed by atoms with Crippen LogP contribution in [0.3, 0.4) is 0 Å². The lowest BCUT2D eigenvalue weighted by molar-refractivity contribution is 0.644. The Kier molecular flexibility index (Phi) is 8.27. The van der Waals surface area contributed by atoms with Crippen molar-refractivity contribution in [2.24, 2.45) is 11.8 Å². The number of aromatic nitrogens is 1. The fourth-order valence-corrected chi connectivity index (χ4v) is 10.6. The highest BCUT2D eigenvalue weighted by Gasteiger charge is 2.52. The Balaban J connectivity index is 1.17. The lowest BCUT2D eigenvalue weighted by Crippen LogP contribution is -2.26. The van der Waals surface area contributed by atoms with Crippen LogP contribution in [0.15, 0.2) is 182 Å². The molecule has 0 aliphatic heterocycles. The first-order valence-electron chi connectivity index (χ1n) is 21.4. The summed E-state index contributed by atoms with van der Waals surface area (Å²) >= 11 is 0. The Morgan fingerprint density at radius 2 is 0.915 bits per heavy atom. The summed E-state index contributed by atoms with van der Waals surface area (Å²) in [4.78, 5) is 2.46. The van der Waals surface area contributed by atoms with Crippen LogP contribution in [-0.4, -0.2) is 4.57 Å². The largest absolute Gasteiger partial charge is 0.310 e. The summed E-state index contributed by atoms with van der Waals surface area (Å²) < 4.78 is 2.40. The fraction of sp³-hybridized carbons (Fsp3) is 0.158. The van der Waals surface area contributed by atoms with Gasteiger partial charge in [0, 0.05) is 33.5 Å². The van der Waals surface area contributed by atoms with E-state index in [4.69, 9.17) is 0 Å². The zero-order valence-electron chi connectivity index (χ0n) is 34.3.